The number of halogens is 2. The number of aromatic nitrogens is 2. The van der Waals surface area contributed by atoms with Crippen molar-refractivity contribution in [2.24, 2.45) is 0 Å². The van der Waals surface area contributed by atoms with Gasteiger partial charge in [-0.2, -0.15) is 0 Å². The molecule has 0 N–H and O–H groups in total. The number of alkyl halides is 1. The van der Waals surface area contributed by atoms with Crippen LogP contribution in [0.15, 0.2) is 18.2 Å². The zero-order valence-corrected chi connectivity index (χ0v) is 10.0. The summed E-state index contributed by atoms with van der Waals surface area (Å²) in [5, 5.41) is 0.723. The van der Waals surface area contributed by atoms with E-state index in [1.165, 1.54) is 0 Å². The fourth-order valence-corrected chi connectivity index (χ4v) is 2.12. The lowest BCUT2D eigenvalue weighted by molar-refractivity contribution is 0.727. The summed E-state index contributed by atoms with van der Waals surface area (Å²) in [4.78, 5) is 4.53. The third-order valence-electron chi connectivity index (χ3n) is 2.42. The van der Waals surface area contributed by atoms with Crippen LogP contribution in [0.3, 0.4) is 0 Å². The maximum absolute atomic E-state index is 5.93. The largest absolute Gasteiger partial charge is 0.328 e. The van der Waals surface area contributed by atoms with Gasteiger partial charge in [0.1, 0.15) is 5.82 Å². The van der Waals surface area contributed by atoms with E-state index in [0.29, 0.717) is 5.88 Å². The summed E-state index contributed by atoms with van der Waals surface area (Å²) in [7, 11) is 0. The summed E-state index contributed by atoms with van der Waals surface area (Å²) < 4.78 is 2.17. The zero-order valence-electron chi connectivity index (χ0n) is 8.50. The molecule has 15 heavy (non-hydrogen) atoms. The third kappa shape index (κ3) is 1.97. The van der Waals surface area contributed by atoms with E-state index in [-0.39, 0.29) is 0 Å². The van der Waals surface area contributed by atoms with Gasteiger partial charge in [0.2, 0.25) is 0 Å². The Kier molecular flexibility index (Phi) is 3.17. The van der Waals surface area contributed by atoms with Crippen LogP contribution in [-0.4, -0.2) is 15.4 Å². The van der Waals surface area contributed by atoms with Crippen LogP contribution in [0.4, 0.5) is 0 Å². The molecule has 2 nitrogen and oxygen atoms in total. The first-order valence-electron chi connectivity index (χ1n) is 4.97. The van der Waals surface area contributed by atoms with Crippen LogP contribution in [0.2, 0.25) is 5.02 Å². The Morgan fingerprint density at radius 1 is 1.40 bits per heavy atom. The molecule has 80 valence electrons. The normalized spacial score (nSPS) is 11.1. The summed E-state index contributed by atoms with van der Waals surface area (Å²) in [6.45, 7) is 3.01. The quantitative estimate of drug-likeness (QED) is 0.754. The van der Waals surface area contributed by atoms with Crippen molar-refractivity contribution in [3.05, 3.63) is 29.0 Å². The third-order valence-corrected chi connectivity index (χ3v) is 2.85. The van der Waals surface area contributed by atoms with E-state index >= 15 is 0 Å². The lowest BCUT2D eigenvalue weighted by Crippen LogP contribution is -2.02. The predicted molar refractivity (Wildman–Crippen MR) is 64.8 cm³/mol. The fourth-order valence-electron chi connectivity index (χ4n) is 1.78. The van der Waals surface area contributed by atoms with Crippen molar-refractivity contribution in [3.63, 3.8) is 0 Å². The van der Waals surface area contributed by atoms with Crippen LogP contribution in [0, 0.1) is 0 Å². The Morgan fingerprint density at radius 2 is 2.20 bits per heavy atom. The number of rotatable bonds is 3. The molecule has 2 aromatic rings. The molecule has 0 saturated heterocycles. The number of aryl methyl sites for hydroxylation is 2. The molecule has 2 rings (SSSR count). The molecule has 0 amide bonds. The van der Waals surface area contributed by atoms with Crippen LogP contribution < -0.4 is 0 Å². The minimum absolute atomic E-state index is 0.594. The Balaban J connectivity index is 2.62. The number of hydrogen-bond acceptors (Lipinski definition) is 1. The molecule has 0 aliphatic carbocycles. The predicted octanol–water partition coefficient (Wildman–Crippen LogP) is 3.49. The van der Waals surface area contributed by atoms with E-state index in [2.05, 4.69) is 16.5 Å². The van der Waals surface area contributed by atoms with Gasteiger partial charge >= 0.3 is 0 Å². The second kappa shape index (κ2) is 4.42. The van der Waals surface area contributed by atoms with Gasteiger partial charge in [-0.3, -0.25) is 0 Å². The van der Waals surface area contributed by atoms with Gasteiger partial charge in [0, 0.05) is 23.9 Å². The SMILES string of the molecule is CCn1c(CCCl)nc2cc(Cl)ccc21. The van der Waals surface area contributed by atoms with Gasteiger partial charge < -0.3 is 4.57 Å². The van der Waals surface area contributed by atoms with Gasteiger partial charge in [0.05, 0.1) is 11.0 Å². The first-order chi connectivity index (χ1) is 7.26. The maximum Gasteiger partial charge on any atom is 0.111 e. The number of hydrogen-bond donors (Lipinski definition) is 0. The van der Waals surface area contributed by atoms with Gasteiger partial charge in [-0.1, -0.05) is 11.6 Å². The number of nitrogens with zero attached hydrogens (tertiary/aromatic N) is 2. The molecular weight excluding hydrogens is 231 g/mol. The van der Waals surface area contributed by atoms with Crippen LogP contribution in [0.5, 0.6) is 0 Å². The zero-order chi connectivity index (χ0) is 10.8. The number of benzene rings is 1. The van der Waals surface area contributed by atoms with Crippen LogP contribution in [-0.2, 0) is 13.0 Å². The highest BCUT2D eigenvalue weighted by molar-refractivity contribution is 6.31. The van der Waals surface area contributed by atoms with Gasteiger partial charge in [0.25, 0.3) is 0 Å². The molecule has 0 saturated carbocycles. The average Bonchev–Trinajstić information content (AvgIpc) is 2.54. The Labute approximate surface area is 98.8 Å². The standard InChI is InChI=1S/C11H12Cl2N2/c1-2-15-10-4-3-8(13)7-9(10)14-11(15)5-6-12/h3-4,7H,2,5-6H2,1H3. The van der Waals surface area contributed by atoms with Crippen molar-refractivity contribution >= 4 is 34.2 Å². The second-order valence-electron chi connectivity index (χ2n) is 3.34. The summed E-state index contributed by atoms with van der Waals surface area (Å²) in [6, 6.07) is 5.79. The van der Waals surface area contributed by atoms with Gasteiger partial charge in [-0.25, -0.2) is 4.98 Å². The topological polar surface area (TPSA) is 17.8 Å². The van der Waals surface area contributed by atoms with Gasteiger partial charge in [-0.05, 0) is 25.1 Å². The molecule has 1 heterocycles. The maximum atomic E-state index is 5.93. The van der Waals surface area contributed by atoms with Crippen LogP contribution in [0.1, 0.15) is 12.7 Å². The van der Waals surface area contributed by atoms with E-state index in [1.807, 2.05) is 18.2 Å². The fraction of sp³-hybridized carbons (Fsp3) is 0.364. The lowest BCUT2D eigenvalue weighted by atomic mass is 10.3. The van der Waals surface area contributed by atoms with Crippen molar-refractivity contribution < 1.29 is 0 Å². The molecule has 0 aliphatic heterocycles. The van der Waals surface area contributed by atoms with E-state index < -0.39 is 0 Å². The molecule has 0 fully saturated rings. The summed E-state index contributed by atoms with van der Waals surface area (Å²) in [5.41, 5.74) is 2.08. The molecule has 0 aliphatic rings. The first kappa shape index (κ1) is 10.8. The van der Waals surface area contributed by atoms with Crippen LogP contribution >= 0.6 is 23.2 Å². The molecule has 1 aromatic heterocycles. The molecule has 0 bridgehead atoms. The molecular formula is C11H12Cl2N2. The van der Waals surface area contributed by atoms with E-state index in [4.69, 9.17) is 23.2 Å². The number of fused-ring (bicyclic) bond motifs is 1. The molecule has 4 heteroatoms. The highest BCUT2D eigenvalue weighted by Gasteiger charge is 2.08. The molecule has 0 unspecified atom stereocenters. The Morgan fingerprint density at radius 3 is 2.87 bits per heavy atom. The molecule has 1 aromatic carbocycles. The van der Waals surface area contributed by atoms with E-state index in [1.54, 1.807) is 0 Å². The summed E-state index contributed by atoms with van der Waals surface area (Å²) in [6.07, 6.45) is 0.793. The van der Waals surface area contributed by atoms with Gasteiger partial charge in [0.15, 0.2) is 0 Å². The van der Waals surface area contributed by atoms with Crippen molar-refractivity contribution in [2.75, 3.05) is 5.88 Å². The Hall–Kier alpha value is -0.730. The summed E-state index contributed by atoms with van der Waals surface area (Å²) >= 11 is 11.7. The van der Waals surface area contributed by atoms with E-state index in [9.17, 15) is 0 Å². The minimum Gasteiger partial charge on any atom is -0.328 e. The van der Waals surface area contributed by atoms with Crippen LogP contribution in [0.25, 0.3) is 11.0 Å². The highest BCUT2D eigenvalue weighted by atomic mass is 35.5. The van der Waals surface area contributed by atoms with Crippen molar-refractivity contribution in [3.8, 4) is 0 Å². The minimum atomic E-state index is 0.594. The van der Waals surface area contributed by atoms with Crippen molar-refractivity contribution in [1.29, 1.82) is 0 Å². The van der Waals surface area contributed by atoms with Gasteiger partial charge in [-0.15, -0.1) is 11.6 Å². The Bertz CT molecular complexity index is 477. The lowest BCUT2D eigenvalue weighted by Gasteiger charge is -2.03. The number of imidazole rings is 1. The smallest absolute Gasteiger partial charge is 0.111 e. The molecule has 0 radical (unpaired) electrons. The summed E-state index contributed by atoms with van der Waals surface area (Å²) in [5.74, 6) is 1.63. The monoisotopic (exact) mass is 242 g/mol. The van der Waals surface area contributed by atoms with Crippen molar-refractivity contribution in [1.82, 2.24) is 9.55 Å². The molecule has 0 atom stereocenters. The van der Waals surface area contributed by atoms with E-state index in [0.717, 1.165) is 34.8 Å². The van der Waals surface area contributed by atoms with Crippen molar-refractivity contribution in [2.45, 2.75) is 19.9 Å². The first-order valence-corrected chi connectivity index (χ1v) is 5.88. The highest BCUT2D eigenvalue weighted by Crippen LogP contribution is 2.20. The molecule has 0 spiro atoms. The second-order valence-corrected chi connectivity index (χ2v) is 4.16. The average molecular weight is 243 g/mol.